The molecule has 1 nitrogen and oxygen atoms in total. The molecule has 0 aliphatic rings. The molecule has 0 aliphatic heterocycles. The van der Waals surface area contributed by atoms with Gasteiger partial charge >= 0.3 is 0 Å². The molecule has 0 heterocycles. The van der Waals surface area contributed by atoms with Gasteiger partial charge < -0.3 is 0 Å². The number of hydrogen-bond acceptors (Lipinski definition) is 2. The van der Waals surface area contributed by atoms with Gasteiger partial charge in [-0.1, -0.05) is 6.07 Å². The highest BCUT2D eigenvalue weighted by Crippen LogP contribution is 2.39. The molecule has 59 valence electrons. The summed E-state index contributed by atoms with van der Waals surface area (Å²) in [5.74, 6) is -0.104. The monoisotopic (exact) mass is 225 g/mol. The van der Waals surface area contributed by atoms with Gasteiger partial charge in [-0.25, -0.2) is 0 Å². The molecule has 0 spiro atoms. The van der Waals surface area contributed by atoms with E-state index >= 15 is 0 Å². The van der Waals surface area contributed by atoms with Crippen molar-refractivity contribution in [3.63, 3.8) is 0 Å². The van der Waals surface area contributed by atoms with Crippen molar-refractivity contribution in [2.45, 2.75) is 9.79 Å². The molecule has 0 aromatic heterocycles. The molecule has 11 heavy (non-hydrogen) atoms. The summed E-state index contributed by atoms with van der Waals surface area (Å²) in [6.07, 6.45) is 0. The first-order chi connectivity index (χ1) is 5.29. The van der Waals surface area contributed by atoms with Crippen LogP contribution in [0.5, 0.6) is 5.75 Å². The second-order valence-electron chi connectivity index (χ2n) is 1.74. The third-order valence-electron chi connectivity index (χ3n) is 1.11. The third kappa shape index (κ3) is 2.12. The van der Waals surface area contributed by atoms with Crippen molar-refractivity contribution in [3.8, 4) is 5.75 Å². The van der Waals surface area contributed by atoms with Gasteiger partial charge in [-0.05, 0) is 55.4 Å². The van der Waals surface area contributed by atoms with Crippen LogP contribution in [0.2, 0.25) is 0 Å². The van der Waals surface area contributed by atoms with Crippen molar-refractivity contribution in [1.29, 1.82) is 0 Å². The van der Waals surface area contributed by atoms with E-state index in [2.05, 4.69) is 0 Å². The van der Waals surface area contributed by atoms with Crippen LogP contribution in [-0.4, -0.2) is 0 Å². The summed E-state index contributed by atoms with van der Waals surface area (Å²) in [5.41, 5.74) is 0. The zero-order valence-electron chi connectivity index (χ0n) is 5.21. The van der Waals surface area contributed by atoms with Crippen molar-refractivity contribution in [2.24, 2.45) is 0 Å². The fraction of sp³-hybridized carbons (Fsp3) is 0. The van der Waals surface area contributed by atoms with Crippen LogP contribution in [0.1, 0.15) is 0 Å². The van der Waals surface area contributed by atoms with Crippen LogP contribution in [-0.2, 0) is 5.11 Å². The molecule has 0 unspecified atom stereocenters. The van der Waals surface area contributed by atoms with Crippen LogP contribution in [0.3, 0.4) is 0 Å². The van der Waals surface area contributed by atoms with Crippen LogP contribution < -0.4 is 0 Å². The van der Waals surface area contributed by atoms with E-state index in [0.29, 0.717) is 9.79 Å². The molecule has 0 atom stereocenters. The summed E-state index contributed by atoms with van der Waals surface area (Å²) >= 11 is 0. The molecule has 0 saturated carbocycles. The van der Waals surface area contributed by atoms with Gasteiger partial charge in [0.05, 0.1) is 9.79 Å². The highest BCUT2D eigenvalue weighted by Gasteiger charge is 2.08. The Morgan fingerprint density at radius 2 is 1.55 bits per heavy atom. The molecule has 1 aromatic rings. The first-order valence-corrected chi connectivity index (χ1v) is 5.95. The van der Waals surface area contributed by atoms with Gasteiger partial charge in [-0.2, -0.15) is 0 Å². The average Bonchev–Trinajstić information content (AvgIpc) is 2.05. The maximum absolute atomic E-state index is 11.2. The van der Waals surface area contributed by atoms with E-state index in [1.54, 1.807) is 18.2 Å². The number of halogens is 2. The topological polar surface area (TPSA) is 19.9 Å². The quantitative estimate of drug-likeness (QED) is 0.748. The number of rotatable bonds is 2. The van der Waals surface area contributed by atoms with Gasteiger partial charge in [0.15, 0.2) is 0 Å². The lowest BCUT2D eigenvalue weighted by Crippen LogP contribution is -1.71. The summed E-state index contributed by atoms with van der Waals surface area (Å²) in [7, 11) is 12.7. The molecule has 1 radical (unpaired) electrons. The van der Waals surface area contributed by atoms with Crippen molar-refractivity contribution < 1.29 is 5.11 Å². The Hall–Kier alpha value is 0.300. The minimum Gasteiger partial charge on any atom is -0.287 e. The minimum atomic E-state index is -0.104. The normalized spacial score (nSPS) is 10.0. The zero-order valence-corrected chi connectivity index (χ0v) is 8.36. The Kier molecular flexibility index (Phi) is 3.72. The van der Waals surface area contributed by atoms with Crippen molar-refractivity contribution >= 4 is 43.3 Å². The fourth-order valence-electron chi connectivity index (χ4n) is 0.617. The molecular weight excluding hydrogens is 223 g/mol. The van der Waals surface area contributed by atoms with E-state index in [0.717, 1.165) is 22.0 Å². The molecule has 0 fully saturated rings. The van der Waals surface area contributed by atoms with Crippen LogP contribution in [0.15, 0.2) is 28.0 Å². The van der Waals surface area contributed by atoms with Gasteiger partial charge in [-0.3, -0.25) is 5.11 Å². The summed E-state index contributed by atoms with van der Waals surface area (Å²) in [5, 5.41) is 11.2. The Balaban J connectivity index is 3.10. The standard InChI is InChI=1S/C6H3Cl2OS2/c7-10-4-2-1-3-5(11-8)6(4)9/h1-3H. The van der Waals surface area contributed by atoms with Crippen LogP contribution in [0.4, 0.5) is 0 Å². The molecule has 5 heteroatoms. The van der Waals surface area contributed by atoms with E-state index in [1.165, 1.54) is 0 Å². The molecule has 0 saturated heterocycles. The predicted molar refractivity (Wildman–Crippen MR) is 50.0 cm³/mol. The van der Waals surface area contributed by atoms with Crippen molar-refractivity contribution in [2.75, 3.05) is 0 Å². The van der Waals surface area contributed by atoms with Crippen molar-refractivity contribution in [1.82, 2.24) is 0 Å². The summed E-state index contributed by atoms with van der Waals surface area (Å²) in [6.45, 7) is 0. The molecule has 1 aromatic carbocycles. The van der Waals surface area contributed by atoms with Crippen LogP contribution >= 0.6 is 43.3 Å². The molecule has 0 aliphatic carbocycles. The maximum atomic E-state index is 11.2. The van der Waals surface area contributed by atoms with Crippen LogP contribution in [0.25, 0.3) is 0 Å². The predicted octanol–water partition coefficient (Wildman–Crippen LogP) is 4.32. The van der Waals surface area contributed by atoms with Gasteiger partial charge in [0.2, 0.25) is 5.75 Å². The first kappa shape index (κ1) is 9.39. The summed E-state index contributed by atoms with van der Waals surface area (Å²) in [6, 6.07) is 5.07. The SMILES string of the molecule is [O]c1c(SCl)cccc1SCl. The number of para-hydroxylation sites is 1. The average molecular weight is 226 g/mol. The lowest BCUT2D eigenvalue weighted by Gasteiger charge is -1.98. The Morgan fingerprint density at radius 1 is 1.09 bits per heavy atom. The highest BCUT2D eigenvalue weighted by atomic mass is 35.7. The third-order valence-corrected chi connectivity index (χ3v) is 3.08. The molecular formula is C6H3Cl2OS2. The first-order valence-electron chi connectivity index (χ1n) is 2.66. The molecule has 1 rings (SSSR count). The Morgan fingerprint density at radius 3 is 1.91 bits per heavy atom. The second-order valence-corrected chi connectivity index (χ2v) is 3.85. The Bertz CT molecular complexity index is 232. The van der Waals surface area contributed by atoms with E-state index in [-0.39, 0.29) is 5.75 Å². The fourth-order valence-corrected chi connectivity index (χ4v) is 2.03. The number of hydrogen-bond donors (Lipinski definition) is 0. The molecule has 0 bridgehead atoms. The number of benzene rings is 1. The minimum absolute atomic E-state index is 0.104. The zero-order chi connectivity index (χ0) is 8.27. The highest BCUT2D eigenvalue weighted by molar-refractivity contribution is 8.21. The second kappa shape index (κ2) is 4.36. The van der Waals surface area contributed by atoms with Crippen LogP contribution in [0, 0.1) is 0 Å². The molecule has 0 N–H and O–H groups in total. The lowest BCUT2D eigenvalue weighted by molar-refractivity contribution is 0.334. The van der Waals surface area contributed by atoms with Crippen molar-refractivity contribution in [3.05, 3.63) is 18.2 Å². The van der Waals surface area contributed by atoms with Gasteiger partial charge in [0.1, 0.15) is 0 Å². The summed E-state index contributed by atoms with van der Waals surface area (Å²) in [4.78, 5) is 1.02. The van der Waals surface area contributed by atoms with E-state index in [4.69, 9.17) is 21.4 Å². The lowest BCUT2D eigenvalue weighted by atomic mass is 10.3. The summed E-state index contributed by atoms with van der Waals surface area (Å²) < 4.78 is 0. The largest absolute Gasteiger partial charge is 0.287 e. The molecule has 0 amide bonds. The smallest absolute Gasteiger partial charge is 0.208 e. The van der Waals surface area contributed by atoms with Gasteiger partial charge in [0.25, 0.3) is 0 Å². The Labute approximate surface area is 82.1 Å². The van der Waals surface area contributed by atoms with Gasteiger partial charge in [0, 0.05) is 0 Å². The van der Waals surface area contributed by atoms with Gasteiger partial charge in [-0.15, -0.1) is 0 Å². The van der Waals surface area contributed by atoms with E-state index in [9.17, 15) is 5.11 Å². The maximum Gasteiger partial charge on any atom is 0.208 e. The van der Waals surface area contributed by atoms with E-state index in [1.807, 2.05) is 0 Å². The van der Waals surface area contributed by atoms with E-state index < -0.39 is 0 Å².